The van der Waals surface area contributed by atoms with Crippen molar-refractivity contribution in [1.82, 2.24) is 4.90 Å². The summed E-state index contributed by atoms with van der Waals surface area (Å²) >= 11 is 1.80. The highest BCUT2D eigenvalue weighted by Crippen LogP contribution is 2.42. The zero-order chi connectivity index (χ0) is 18.0. The van der Waals surface area contributed by atoms with Crippen LogP contribution in [0.5, 0.6) is 0 Å². The van der Waals surface area contributed by atoms with Gasteiger partial charge in [-0.05, 0) is 23.5 Å². The minimum absolute atomic E-state index is 0.0666. The largest absolute Gasteiger partial charge is 0.337 e. The van der Waals surface area contributed by atoms with Gasteiger partial charge in [0.1, 0.15) is 31.6 Å². The topological polar surface area (TPSA) is 41.4 Å². The lowest BCUT2D eigenvalue weighted by Gasteiger charge is -2.28. The van der Waals surface area contributed by atoms with E-state index in [1.165, 1.54) is 37.3 Å². The van der Waals surface area contributed by atoms with E-state index in [2.05, 4.69) is 55.3 Å². The van der Waals surface area contributed by atoms with Gasteiger partial charge in [0.2, 0.25) is 5.91 Å². The molecule has 2 fully saturated rings. The van der Waals surface area contributed by atoms with Crippen LogP contribution in [-0.4, -0.2) is 55.3 Å². The fraction of sp³-hybridized carbons (Fsp3) is 0.650. The van der Waals surface area contributed by atoms with Crippen molar-refractivity contribution >= 4 is 17.7 Å². The van der Waals surface area contributed by atoms with Crippen LogP contribution in [0.25, 0.3) is 0 Å². The molecule has 3 N–H and O–H groups in total. The van der Waals surface area contributed by atoms with Crippen LogP contribution in [0.3, 0.4) is 0 Å². The van der Waals surface area contributed by atoms with E-state index in [1.807, 2.05) is 6.92 Å². The molecule has 0 aliphatic carbocycles. The lowest BCUT2D eigenvalue weighted by molar-refractivity contribution is -0.946. The first-order chi connectivity index (χ1) is 11.9. The molecule has 5 heteroatoms. The fourth-order valence-corrected chi connectivity index (χ4v) is 5.03. The Kier molecular flexibility index (Phi) is 5.76. The lowest BCUT2D eigenvalue weighted by Crippen LogP contribution is -3.20. The Morgan fingerprint density at radius 3 is 2.44 bits per heavy atom. The first-order valence-corrected chi connectivity index (χ1v) is 10.5. The number of benzene rings is 1. The third-order valence-electron chi connectivity index (χ3n) is 5.42. The van der Waals surface area contributed by atoms with Crippen molar-refractivity contribution < 1.29 is 15.0 Å². The Balaban J connectivity index is 1.70. The standard InChI is InChI=1S/C20H31N3OS/c1-15-18(24)23(14-13-22-11-9-21-10-12-22)19(25-15)16-5-7-17(8-6-16)20(2,3)4/h5-8,15,19,21H,9-14H2,1-4H3/p+2/t15-,19-/m0/s1. The molecule has 2 aliphatic rings. The first kappa shape index (κ1) is 18.7. The lowest BCUT2D eigenvalue weighted by atomic mass is 9.86. The molecule has 2 saturated heterocycles. The van der Waals surface area contributed by atoms with Gasteiger partial charge in [-0.1, -0.05) is 45.0 Å². The summed E-state index contributed by atoms with van der Waals surface area (Å²) in [5, 5.41) is 2.63. The Morgan fingerprint density at radius 1 is 1.20 bits per heavy atom. The smallest absolute Gasteiger partial charge is 0.236 e. The maximum absolute atomic E-state index is 12.7. The Bertz CT molecular complexity index is 590. The number of quaternary nitrogens is 2. The molecule has 0 radical (unpaired) electrons. The molecule has 3 rings (SSSR count). The Hall–Kier alpha value is -1.04. The van der Waals surface area contributed by atoms with Crippen molar-refractivity contribution in [3.05, 3.63) is 35.4 Å². The van der Waals surface area contributed by atoms with Gasteiger partial charge in [-0.15, -0.1) is 11.8 Å². The molecule has 2 atom stereocenters. The number of amides is 1. The molecule has 1 aromatic rings. The summed E-state index contributed by atoms with van der Waals surface area (Å²) in [6.45, 7) is 15.6. The van der Waals surface area contributed by atoms with E-state index in [1.54, 1.807) is 16.7 Å². The average molecular weight is 364 g/mol. The SMILES string of the molecule is C[C@@H]1S[C@@H](c2ccc(C(C)(C)C)cc2)N(CC[NH+]2CC[NH2+]CC2)C1=O. The third-order valence-corrected chi connectivity index (χ3v) is 6.81. The molecule has 0 unspecified atom stereocenters. The van der Waals surface area contributed by atoms with Gasteiger partial charge in [0.05, 0.1) is 18.3 Å². The molecule has 0 saturated carbocycles. The molecule has 2 heterocycles. The van der Waals surface area contributed by atoms with Crippen molar-refractivity contribution in [1.29, 1.82) is 0 Å². The van der Waals surface area contributed by atoms with Crippen LogP contribution < -0.4 is 10.2 Å². The first-order valence-electron chi connectivity index (χ1n) is 9.58. The number of thioether (sulfide) groups is 1. The third kappa shape index (κ3) is 4.39. The number of carbonyl (C=O) groups is 1. The maximum atomic E-state index is 12.7. The number of piperazine rings is 1. The van der Waals surface area contributed by atoms with E-state index in [0.29, 0.717) is 5.91 Å². The number of nitrogens with zero attached hydrogens (tertiary/aromatic N) is 1. The molecule has 138 valence electrons. The van der Waals surface area contributed by atoms with Gasteiger partial charge < -0.3 is 15.1 Å². The van der Waals surface area contributed by atoms with E-state index >= 15 is 0 Å². The van der Waals surface area contributed by atoms with Gasteiger partial charge >= 0.3 is 0 Å². The van der Waals surface area contributed by atoms with Gasteiger partial charge in [0, 0.05) is 0 Å². The second-order valence-electron chi connectivity index (χ2n) is 8.40. The molecule has 0 spiro atoms. The van der Waals surface area contributed by atoms with Gasteiger partial charge in [-0.2, -0.15) is 0 Å². The van der Waals surface area contributed by atoms with Gasteiger partial charge in [-0.3, -0.25) is 4.79 Å². The normalized spacial score (nSPS) is 25.6. The zero-order valence-electron chi connectivity index (χ0n) is 16.0. The fourth-order valence-electron chi connectivity index (χ4n) is 3.72. The van der Waals surface area contributed by atoms with Crippen LogP contribution in [0, 0.1) is 0 Å². The van der Waals surface area contributed by atoms with Crippen molar-refractivity contribution in [2.24, 2.45) is 0 Å². The van der Waals surface area contributed by atoms with Crippen LogP contribution >= 0.6 is 11.8 Å². The number of nitrogens with two attached hydrogens (primary N) is 1. The highest BCUT2D eigenvalue weighted by molar-refractivity contribution is 8.01. The summed E-state index contributed by atoms with van der Waals surface area (Å²) in [5.74, 6) is 0.304. The minimum atomic E-state index is 0.0666. The van der Waals surface area contributed by atoms with Gasteiger partial charge in [0.15, 0.2) is 0 Å². The maximum Gasteiger partial charge on any atom is 0.236 e. The predicted octanol–water partition coefficient (Wildman–Crippen LogP) is 0.409. The monoisotopic (exact) mass is 363 g/mol. The van der Waals surface area contributed by atoms with Crippen molar-refractivity contribution in [3.8, 4) is 0 Å². The van der Waals surface area contributed by atoms with E-state index in [9.17, 15) is 4.79 Å². The molecule has 1 amide bonds. The summed E-state index contributed by atoms with van der Waals surface area (Å²) < 4.78 is 0. The van der Waals surface area contributed by atoms with Crippen LogP contribution in [-0.2, 0) is 10.2 Å². The molecule has 1 aromatic carbocycles. The molecular weight excluding hydrogens is 330 g/mol. The number of rotatable bonds is 4. The summed E-state index contributed by atoms with van der Waals surface area (Å²) in [6.07, 6.45) is 0. The van der Waals surface area contributed by atoms with E-state index in [4.69, 9.17) is 0 Å². The average Bonchev–Trinajstić information content (AvgIpc) is 2.88. The Morgan fingerprint density at radius 2 is 1.84 bits per heavy atom. The number of nitrogens with one attached hydrogen (secondary N) is 1. The molecule has 25 heavy (non-hydrogen) atoms. The minimum Gasteiger partial charge on any atom is -0.337 e. The quantitative estimate of drug-likeness (QED) is 0.814. The highest BCUT2D eigenvalue weighted by Gasteiger charge is 2.39. The highest BCUT2D eigenvalue weighted by atomic mass is 32.2. The van der Waals surface area contributed by atoms with E-state index in [-0.39, 0.29) is 16.0 Å². The number of hydrogen-bond acceptors (Lipinski definition) is 2. The van der Waals surface area contributed by atoms with Crippen molar-refractivity contribution in [2.45, 2.75) is 43.7 Å². The molecule has 0 aromatic heterocycles. The second kappa shape index (κ2) is 7.68. The summed E-state index contributed by atoms with van der Waals surface area (Å²) in [7, 11) is 0. The Labute approximate surface area is 156 Å². The molecule has 2 aliphatic heterocycles. The second-order valence-corrected chi connectivity index (χ2v) is 9.83. The van der Waals surface area contributed by atoms with Crippen molar-refractivity contribution in [3.63, 3.8) is 0 Å². The number of hydrogen-bond donors (Lipinski definition) is 2. The molecular formula is C20H33N3OS+2. The van der Waals surface area contributed by atoms with Crippen LogP contribution in [0.2, 0.25) is 0 Å². The number of carbonyl (C=O) groups excluding carboxylic acids is 1. The van der Waals surface area contributed by atoms with Crippen LogP contribution in [0.1, 0.15) is 44.2 Å². The molecule has 0 bridgehead atoms. The summed E-state index contributed by atoms with van der Waals surface area (Å²) in [4.78, 5) is 16.4. The van der Waals surface area contributed by atoms with Gasteiger partial charge in [-0.25, -0.2) is 0 Å². The summed E-state index contributed by atoms with van der Waals surface area (Å²) in [6, 6.07) is 8.90. The predicted molar refractivity (Wildman–Crippen MR) is 104 cm³/mol. The summed E-state index contributed by atoms with van der Waals surface area (Å²) in [5.41, 5.74) is 2.77. The zero-order valence-corrected chi connectivity index (χ0v) is 16.9. The van der Waals surface area contributed by atoms with Crippen molar-refractivity contribution in [2.75, 3.05) is 39.3 Å². The molecule has 4 nitrogen and oxygen atoms in total. The van der Waals surface area contributed by atoms with E-state index < -0.39 is 0 Å². The van der Waals surface area contributed by atoms with Gasteiger partial charge in [0.25, 0.3) is 0 Å². The van der Waals surface area contributed by atoms with E-state index in [0.717, 1.165) is 13.1 Å². The van der Waals surface area contributed by atoms with Crippen LogP contribution in [0.15, 0.2) is 24.3 Å². The van der Waals surface area contributed by atoms with Crippen LogP contribution in [0.4, 0.5) is 0 Å².